The number of carbonyl (C=O) groups is 2. The predicted octanol–water partition coefficient (Wildman–Crippen LogP) is 5.16. The van der Waals surface area contributed by atoms with Gasteiger partial charge in [0.25, 0.3) is 0 Å². The van der Waals surface area contributed by atoms with Crippen LogP contribution in [-0.4, -0.2) is 59.1 Å². The summed E-state index contributed by atoms with van der Waals surface area (Å²) in [5.74, 6) is 0.593. The molecule has 2 aromatic rings. The molecule has 0 radical (unpaired) electrons. The molecule has 2 aromatic carbocycles. The number of carbonyl (C=O) groups excluding carboxylic acids is 2. The van der Waals surface area contributed by atoms with Crippen LogP contribution < -0.4 is 10.1 Å². The molecule has 0 saturated heterocycles. The summed E-state index contributed by atoms with van der Waals surface area (Å²) < 4.78 is 11.5. The summed E-state index contributed by atoms with van der Waals surface area (Å²) in [6, 6.07) is 16.1. The average molecular weight is 510 g/mol. The SMILES string of the molecule is CCC(C)N(CCNC(=O)C1Cc2cc(OCc3ccccc3)ccc2CN1C(=O)OC(C)C)C(C)C. The molecule has 2 amide bonds. The molecule has 0 saturated carbocycles. The number of nitrogens with zero attached hydrogens (tertiary/aromatic N) is 2. The van der Waals surface area contributed by atoms with Gasteiger partial charge in [-0.2, -0.15) is 0 Å². The Hall–Kier alpha value is -3.06. The van der Waals surface area contributed by atoms with E-state index in [-0.39, 0.29) is 12.0 Å². The zero-order valence-corrected chi connectivity index (χ0v) is 23.2. The van der Waals surface area contributed by atoms with Crippen molar-refractivity contribution in [2.75, 3.05) is 13.1 Å². The number of benzene rings is 2. The molecular weight excluding hydrogens is 466 g/mol. The van der Waals surface area contributed by atoms with Gasteiger partial charge >= 0.3 is 6.09 Å². The van der Waals surface area contributed by atoms with E-state index in [4.69, 9.17) is 9.47 Å². The second-order valence-corrected chi connectivity index (χ2v) is 10.4. The lowest BCUT2D eigenvalue weighted by atomic mass is 9.93. The van der Waals surface area contributed by atoms with Crippen LogP contribution in [0.15, 0.2) is 48.5 Å². The second kappa shape index (κ2) is 13.5. The summed E-state index contributed by atoms with van der Waals surface area (Å²) in [5.41, 5.74) is 3.11. The number of amides is 2. The summed E-state index contributed by atoms with van der Waals surface area (Å²) in [6.07, 6.45) is 0.737. The molecule has 3 rings (SSSR count). The quantitative estimate of drug-likeness (QED) is 0.453. The van der Waals surface area contributed by atoms with E-state index in [1.165, 1.54) is 0 Å². The fourth-order valence-electron chi connectivity index (χ4n) is 4.73. The van der Waals surface area contributed by atoms with E-state index in [0.717, 1.165) is 35.4 Å². The van der Waals surface area contributed by atoms with Crippen LogP contribution >= 0.6 is 0 Å². The van der Waals surface area contributed by atoms with Crippen LogP contribution in [0.3, 0.4) is 0 Å². The van der Waals surface area contributed by atoms with E-state index in [1.807, 2.05) is 62.4 Å². The number of nitrogens with one attached hydrogen (secondary N) is 1. The maximum absolute atomic E-state index is 13.4. The average Bonchev–Trinajstić information content (AvgIpc) is 2.88. The Balaban J connectivity index is 1.72. The lowest BCUT2D eigenvalue weighted by Crippen LogP contribution is -2.54. The van der Waals surface area contributed by atoms with Gasteiger partial charge in [-0.05, 0) is 69.9 Å². The van der Waals surface area contributed by atoms with E-state index in [9.17, 15) is 9.59 Å². The summed E-state index contributed by atoms with van der Waals surface area (Å²) in [4.78, 5) is 30.3. The van der Waals surface area contributed by atoms with Crippen LogP contribution in [0.4, 0.5) is 4.79 Å². The van der Waals surface area contributed by atoms with E-state index in [2.05, 4.69) is 37.9 Å². The van der Waals surface area contributed by atoms with Gasteiger partial charge in [0.1, 0.15) is 18.4 Å². The smallest absolute Gasteiger partial charge is 0.411 e. The maximum Gasteiger partial charge on any atom is 0.411 e. The molecule has 7 nitrogen and oxygen atoms in total. The van der Waals surface area contributed by atoms with E-state index >= 15 is 0 Å². The van der Waals surface area contributed by atoms with Crippen LogP contribution in [0.1, 0.15) is 64.7 Å². The molecule has 1 N–H and O–H groups in total. The first kappa shape index (κ1) is 28.5. The number of rotatable bonds is 11. The molecule has 7 heteroatoms. The molecule has 0 spiro atoms. The van der Waals surface area contributed by atoms with Crippen LogP contribution in [0.25, 0.3) is 0 Å². The summed E-state index contributed by atoms with van der Waals surface area (Å²) >= 11 is 0. The van der Waals surface area contributed by atoms with Gasteiger partial charge in [-0.3, -0.25) is 14.6 Å². The van der Waals surface area contributed by atoms with Crippen molar-refractivity contribution in [1.29, 1.82) is 0 Å². The highest BCUT2D eigenvalue weighted by atomic mass is 16.6. The largest absolute Gasteiger partial charge is 0.489 e. The number of hydrogen-bond donors (Lipinski definition) is 1. The first-order chi connectivity index (χ1) is 17.7. The first-order valence-electron chi connectivity index (χ1n) is 13.5. The minimum atomic E-state index is -0.640. The van der Waals surface area contributed by atoms with Gasteiger partial charge in [0.05, 0.1) is 12.6 Å². The van der Waals surface area contributed by atoms with Crippen molar-refractivity contribution >= 4 is 12.0 Å². The highest BCUT2D eigenvalue weighted by Gasteiger charge is 2.36. The van der Waals surface area contributed by atoms with E-state index < -0.39 is 12.1 Å². The lowest BCUT2D eigenvalue weighted by Gasteiger charge is -2.36. The maximum atomic E-state index is 13.4. The molecule has 202 valence electrons. The molecule has 0 bridgehead atoms. The Morgan fingerprint density at radius 1 is 1.05 bits per heavy atom. The Morgan fingerprint density at radius 2 is 1.78 bits per heavy atom. The van der Waals surface area contributed by atoms with Crippen molar-refractivity contribution in [3.05, 3.63) is 65.2 Å². The number of hydrogen-bond acceptors (Lipinski definition) is 5. The van der Waals surface area contributed by atoms with Gasteiger partial charge in [0.2, 0.25) is 5.91 Å². The van der Waals surface area contributed by atoms with Gasteiger partial charge in [-0.1, -0.05) is 43.3 Å². The van der Waals surface area contributed by atoms with Gasteiger partial charge < -0.3 is 14.8 Å². The van der Waals surface area contributed by atoms with Crippen LogP contribution in [0.5, 0.6) is 5.75 Å². The first-order valence-corrected chi connectivity index (χ1v) is 13.5. The summed E-state index contributed by atoms with van der Waals surface area (Å²) in [7, 11) is 0. The molecular formula is C30H43N3O4. The number of fused-ring (bicyclic) bond motifs is 1. The van der Waals surface area contributed by atoms with E-state index in [1.54, 1.807) is 4.90 Å². The van der Waals surface area contributed by atoms with Crippen LogP contribution in [-0.2, 0) is 29.1 Å². The Bertz CT molecular complexity index is 1020. The Kier molecular flexibility index (Phi) is 10.4. The molecule has 2 unspecified atom stereocenters. The summed E-state index contributed by atoms with van der Waals surface area (Å²) in [5, 5.41) is 3.09. The van der Waals surface area contributed by atoms with Crippen molar-refractivity contribution < 1.29 is 19.1 Å². The molecule has 0 fully saturated rings. The zero-order valence-electron chi connectivity index (χ0n) is 23.2. The third-order valence-corrected chi connectivity index (χ3v) is 6.92. The van der Waals surface area contributed by atoms with Gasteiger partial charge in [-0.25, -0.2) is 4.79 Å². The fourth-order valence-corrected chi connectivity index (χ4v) is 4.73. The summed E-state index contributed by atoms with van der Waals surface area (Å²) in [6.45, 7) is 14.4. The lowest BCUT2D eigenvalue weighted by molar-refractivity contribution is -0.126. The molecule has 37 heavy (non-hydrogen) atoms. The Labute approximate surface area is 222 Å². The molecule has 1 aliphatic rings. The van der Waals surface area contributed by atoms with Crippen molar-refractivity contribution in [3.63, 3.8) is 0 Å². The highest BCUT2D eigenvalue weighted by molar-refractivity contribution is 5.86. The minimum absolute atomic E-state index is 0.158. The normalized spacial score (nSPS) is 16.0. The second-order valence-electron chi connectivity index (χ2n) is 10.4. The standard InChI is InChI=1S/C30H43N3O4/c1-7-23(6)32(21(2)3)16-15-31-29(34)28-18-26-17-27(36-20-24-11-9-8-10-12-24)14-13-25(26)19-33(28)30(35)37-22(4)5/h8-14,17,21-23,28H,7,15-16,18-20H2,1-6H3,(H,31,34). The predicted molar refractivity (Wildman–Crippen MR) is 146 cm³/mol. The van der Waals surface area contributed by atoms with Crippen molar-refractivity contribution in [2.24, 2.45) is 0 Å². The highest BCUT2D eigenvalue weighted by Crippen LogP contribution is 2.28. The third-order valence-electron chi connectivity index (χ3n) is 6.92. The topological polar surface area (TPSA) is 71.1 Å². The van der Waals surface area contributed by atoms with E-state index in [0.29, 0.717) is 38.2 Å². The molecule has 2 atom stereocenters. The van der Waals surface area contributed by atoms with Crippen molar-refractivity contribution in [1.82, 2.24) is 15.1 Å². The Morgan fingerprint density at radius 3 is 2.43 bits per heavy atom. The fraction of sp³-hybridized carbons (Fsp3) is 0.533. The minimum Gasteiger partial charge on any atom is -0.489 e. The van der Waals surface area contributed by atoms with Gasteiger partial charge in [0, 0.05) is 31.6 Å². The number of ether oxygens (including phenoxy) is 2. The molecule has 0 aliphatic carbocycles. The zero-order chi connectivity index (χ0) is 26.9. The van der Waals surface area contributed by atoms with Gasteiger partial charge in [-0.15, -0.1) is 0 Å². The molecule has 1 heterocycles. The molecule has 0 aromatic heterocycles. The molecule has 1 aliphatic heterocycles. The monoisotopic (exact) mass is 509 g/mol. The van der Waals surface area contributed by atoms with Crippen molar-refractivity contribution in [3.8, 4) is 5.75 Å². The third kappa shape index (κ3) is 7.96. The van der Waals surface area contributed by atoms with Crippen LogP contribution in [0, 0.1) is 0 Å². The van der Waals surface area contributed by atoms with Crippen LogP contribution in [0.2, 0.25) is 0 Å². The van der Waals surface area contributed by atoms with Crippen molar-refractivity contribution in [2.45, 2.75) is 91.8 Å². The van der Waals surface area contributed by atoms with Gasteiger partial charge in [0.15, 0.2) is 0 Å².